The zero-order valence-corrected chi connectivity index (χ0v) is 13.6. The third-order valence-electron chi connectivity index (χ3n) is 4.05. The van der Waals surface area contributed by atoms with Crippen molar-refractivity contribution in [2.24, 2.45) is 0 Å². The summed E-state index contributed by atoms with van der Waals surface area (Å²) in [6.45, 7) is 6.57. The lowest BCUT2D eigenvalue weighted by Crippen LogP contribution is -2.35. The molecule has 0 aromatic heterocycles. The van der Waals surface area contributed by atoms with E-state index in [0.29, 0.717) is 17.1 Å². The van der Waals surface area contributed by atoms with Gasteiger partial charge in [-0.25, -0.2) is 0 Å². The minimum absolute atomic E-state index is 0.0141. The Morgan fingerprint density at radius 2 is 2.05 bits per heavy atom. The van der Waals surface area contributed by atoms with Gasteiger partial charge >= 0.3 is 0 Å². The smallest absolute Gasteiger partial charge is 0.256 e. The lowest BCUT2D eigenvalue weighted by molar-refractivity contribution is 0.0731. The molecule has 0 bridgehead atoms. The molecule has 0 spiro atoms. The van der Waals surface area contributed by atoms with E-state index in [-0.39, 0.29) is 11.9 Å². The molecule has 0 radical (unpaired) electrons. The minimum atomic E-state index is 0.0141. The van der Waals surface area contributed by atoms with Crippen LogP contribution in [-0.2, 0) is 6.54 Å². The number of rotatable bonds is 3. The van der Waals surface area contributed by atoms with Crippen LogP contribution in [0.4, 0.5) is 5.69 Å². The number of nitrogens with zero attached hydrogens (tertiary/aromatic N) is 1. The van der Waals surface area contributed by atoms with E-state index in [2.05, 4.69) is 16.0 Å². The van der Waals surface area contributed by atoms with Gasteiger partial charge in [-0.3, -0.25) is 4.79 Å². The Balaban J connectivity index is 1.87. The quantitative estimate of drug-likeness (QED) is 0.801. The number of carbonyl (C=O) groups excluding carboxylic acids is 1. The van der Waals surface area contributed by atoms with Gasteiger partial charge in [0.05, 0.1) is 10.6 Å². The first-order chi connectivity index (χ1) is 10.6. The molecule has 5 nitrogen and oxygen atoms in total. The average molecular weight is 321 g/mol. The van der Waals surface area contributed by atoms with Crippen molar-refractivity contribution >= 4 is 23.2 Å². The van der Waals surface area contributed by atoms with Gasteiger partial charge in [-0.05, 0) is 32.4 Å². The van der Waals surface area contributed by atoms with Crippen molar-refractivity contribution in [1.29, 1.82) is 0 Å². The van der Waals surface area contributed by atoms with Gasteiger partial charge in [0.2, 0.25) is 0 Å². The first-order valence-electron chi connectivity index (χ1n) is 7.64. The first-order valence-corrected chi connectivity index (χ1v) is 8.02. The molecule has 1 aromatic rings. The summed E-state index contributed by atoms with van der Waals surface area (Å²) in [5.74, 6) is 0.986. The van der Waals surface area contributed by atoms with Gasteiger partial charge in [0, 0.05) is 43.1 Å². The fraction of sp³-hybridized carbons (Fsp3) is 0.438. The number of hydrogen-bond donors (Lipinski definition) is 3. The van der Waals surface area contributed by atoms with E-state index in [1.807, 2.05) is 31.0 Å². The second-order valence-electron chi connectivity index (χ2n) is 5.88. The van der Waals surface area contributed by atoms with Crippen LogP contribution in [0.25, 0.3) is 0 Å². The molecule has 118 valence electrons. The second kappa shape index (κ2) is 6.08. The van der Waals surface area contributed by atoms with Crippen molar-refractivity contribution in [2.75, 3.05) is 18.4 Å². The fourth-order valence-corrected chi connectivity index (χ4v) is 3.06. The van der Waals surface area contributed by atoms with Crippen LogP contribution in [0.2, 0.25) is 5.02 Å². The molecule has 1 saturated heterocycles. The van der Waals surface area contributed by atoms with Gasteiger partial charge in [0.25, 0.3) is 5.91 Å². The number of carbonyl (C=O) groups is 1. The molecular formula is C16H21ClN4O. The van der Waals surface area contributed by atoms with Crippen molar-refractivity contribution < 1.29 is 4.79 Å². The summed E-state index contributed by atoms with van der Waals surface area (Å²) in [7, 11) is 0. The van der Waals surface area contributed by atoms with Gasteiger partial charge in [0.1, 0.15) is 5.82 Å². The third-order valence-corrected chi connectivity index (χ3v) is 4.36. The summed E-state index contributed by atoms with van der Waals surface area (Å²) < 4.78 is 0. The number of anilines is 1. The Bertz CT molecular complexity index is 619. The number of halogens is 1. The predicted octanol–water partition coefficient (Wildman–Crippen LogP) is 2.50. The maximum absolute atomic E-state index is 12.5. The largest absolute Gasteiger partial charge is 0.371 e. The molecule has 3 N–H and O–H groups in total. The van der Waals surface area contributed by atoms with Crippen molar-refractivity contribution in [3.63, 3.8) is 0 Å². The maximum Gasteiger partial charge on any atom is 0.256 e. The number of hydrogen-bond acceptors (Lipinski definition) is 4. The molecule has 0 unspecified atom stereocenters. The van der Waals surface area contributed by atoms with Gasteiger partial charge in [-0.1, -0.05) is 11.6 Å². The second-order valence-corrected chi connectivity index (χ2v) is 6.29. The van der Waals surface area contributed by atoms with E-state index in [1.54, 1.807) is 6.07 Å². The van der Waals surface area contributed by atoms with Crippen molar-refractivity contribution in [3.05, 3.63) is 40.3 Å². The van der Waals surface area contributed by atoms with Crippen molar-refractivity contribution in [2.45, 2.75) is 32.9 Å². The summed E-state index contributed by atoms with van der Waals surface area (Å²) in [5.41, 5.74) is 2.53. The lowest BCUT2D eigenvalue weighted by Gasteiger charge is -2.20. The van der Waals surface area contributed by atoms with Crippen LogP contribution >= 0.6 is 11.6 Å². The van der Waals surface area contributed by atoms with E-state index in [4.69, 9.17) is 11.6 Å². The molecule has 0 aliphatic carbocycles. The molecule has 1 fully saturated rings. The molecule has 22 heavy (non-hydrogen) atoms. The fourth-order valence-electron chi connectivity index (χ4n) is 2.80. The van der Waals surface area contributed by atoms with Gasteiger partial charge in [-0.2, -0.15) is 0 Å². The van der Waals surface area contributed by atoms with Crippen LogP contribution in [0.5, 0.6) is 0 Å². The van der Waals surface area contributed by atoms with Crippen molar-refractivity contribution in [3.8, 4) is 0 Å². The molecular weight excluding hydrogens is 300 g/mol. The SMILES string of the molecule is CC(C)N1Cc2c(NC=C3NCCCN3)ccc(Cl)c2C1=O. The summed E-state index contributed by atoms with van der Waals surface area (Å²) in [6, 6.07) is 3.87. The molecule has 2 heterocycles. The Hall–Kier alpha value is -1.88. The molecule has 3 rings (SSSR count). The van der Waals surface area contributed by atoms with E-state index in [0.717, 1.165) is 36.6 Å². The van der Waals surface area contributed by atoms with Crippen LogP contribution in [0.1, 0.15) is 36.2 Å². The van der Waals surface area contributed by atoms with Crippen LogP contribution < -0.4 is 16.0 Å². The highest BCUT2D eigenvalue weighted by Gasteiger charge is 2.33. The maximum atomic E-state index is 12.5. The topological polar surface area (TPSA) is 56.4 Å². The Labute approximate surface area is 135 Å². The number of benzene rings is 1. The monoisotopic (exact) mass is 320 g/mol. The lowest BCUT2D eigenvalue weighted by atomic mass is 10.1. The first kappa shape index (κ1) is 15.0. The molecule has 1 aromatic carbocycles. The standard InChI is InChI=1S/C16H21ClN4O/c1-10(2)21-9-11-13(5-4-12(17)15(11)16(21)22)20-8-14-18-6-3-7-19-14/h4-5,8,10,18-20H,3,6-7,9H2,1-2H3. The minimum Gasteiger partial charge on any atom is -0.371 e. The van der Waals surface area contributed by atoms with Crippen LogP contribution in [0.3, 0.4) is 0 Å². The highest BCUT2D eigenvalue weighted by atomic mass is 35.5. The summed E-state index contributed by atoms with van der Waals surface area (Å²) in [6.07, 6.45) is 3.02. The summed E-state index contributed by atoms with van der Waals surface area (Å²) >= 11 is 6.24. The van der Waals surface area contributed by atoms with Gasteiger partial charge in [-0.15, -0.1) is 0 Å². The molecule has 0 saturated carbocycles. The molecule has 1 amide bonds. The average Bonchev–Trinajstić information content (AvgIpc) is 2.87. The molecule has 6 heteroatoms. The van der Waals surface area contributed by atoms with Crippen LogP contribution in [0, 0.1) is 0 Å². The highest BCUT2D eigenvalue weighted by molar-refractivity contribution is 6.34. The van der Waals surface area contributed by atoms with Crippen LogP contribution in [-0.4, -0.2) is 29.9 Å². The predicted molar refractivity (Wildman–Crippen MR) is 88.8 cm³/mol. The van der Waals surface area contributed by atoms with E-state index in [1.165, 1.54) is 0 Å². The Morgan fingerprint density at radius 1 is 1.32 bits per heavy atom. The summed E-state index contributed by atoms with van der Waals surface area (Å²) in [5, 5.41) is 10.4. The van der Waals surface area contributed by atoms with Crippen LogP contribution in [0.15, 0.2) is 24.2 Å². The van der Waals surface area contributed by atoms with Gasteiger partial charge in [0.15, 0.2) is 0 Å². The van der Waals surface area contributed by atoms with E-state index >= 15 is 0 Å². The zero-order valence-electron chi connectivity index (χ0n) is 12.9. The van der Waals surface area contributed by atoms with Gasteiger partial charge < -0.3 is 20.9 Å². The number of nitrogens with one attached hydrogen (secondary N) is 3. The summed E-state index contributed by atoms with van der Waals surface area (Å²) in [4.78, 5) is 14.3. The molecule has 2 aliphatic heterocycles. The highest BCUT2D eigenvalue weighted by Crippen LogP contribution is 2.35. The number of amides is 1. The van der Waals surface area contributed by atoms with E-state index in [9.17, 15) is 4.79 Å². The Morgan fingerprint density at radius 3 is 2.73 bits per heavy atom. The zero-order chi connectivity index (χ0) is 15.7. The third kappa shape index (κ3) is 2.73. The van der Waals surface area contributed by atoms with E-state index < -0.39 is 0 Å². The Kier molecular flexibility index (Phi) is 4.16. The normalized spacial score (nSPS) is 17.2. The molecule has 0 atom stereocenters. The molecule has 2 aliphatic rings. The van der Waals surface area contributed by atoms with Crippen molar-refractivity contribution in [1.82, 2.24) is 15.5 Å². The number of fused-ring (bicyclic) bond motifs is 1.